The SMILES string of the molecule is O=C(c1cnc2cccnn12)C1CC2CCCC(C1)N2. The Labute approximate surface area is 117 Å². The number of ketones is 1. The number of fused-ring (bicyclic) bond motifs is 3. The summed E-state index contributed by atoms with van der Waals surface area (Å²) in [6, 6.07) is 4.75. The van der Waals surface area contributed by atoms with Crippen LogP contribution in [0.4, 0.5) is 0 Å². The molecule has 0 saturated carbocycles. The molecule has 20 heavy (non-hydrogen) atoms. The van der Waals surface area contributed by atoms with Crippen LogP contribution in [-0.4, -0.2) is 32.5 Å². The number of carbonyl (C=O) groups excluding carboxylic acids is 1. The summed E-state index contributed by atoms with van der Waals surface area (Å²) in [6.07, 6.45) is 8.97. The first-order valence-electron chi connectivity index (χ1n) is 7.40. The maximum Gasteiger partial charge on any atom is 0.186 e. The van der Waals surface area contributed by atoms with Crippen molar-refractivity contribution in [3.63, 3.8) is 0 Å². The van der Waals surface area contributed by atoms with E-state index >= 15 is 0 Å². The van der Waals surface area contributed by atoms with Gasteiger partial charge in [-0.25, -0.2) is 9.50 Å². The number of nitrogens with one attached hydrogen (secondary N) is 1. The van der Waals surface area contributed by atoms with E-state index in [0.717, 1.165) is 18.5 Å². The lowest BCUT2D eigenvalue weighted by molar-refractivity contribution is 0.0817. The fourth-order valence-corrected chi connectivity index (χ4v) is 3.69. The van der Waals surface area contributed by atoms with E-state index in [1.165, 1.54) is 19.3 Å². The minimum absolute atomic E-state index is 0.119. The lowest BCUT2D eigenvalue weighted by Gasteiger charge is -2.39. The molecule has 0 radical (unpaired) electrons. The molecule has 5 heteroatoms. The smallest absolute Gasteiger partial charge is 0.186 e. The fraction of sp³-hybridized carbons (Fsp3) is 0.533. The van der Waals surface area contributed by atoms with Gasteiger partial charge in [-0.15, -0.1) is 0 Å². The van der Waals surface area contributed by atoms with E-state index < -0.39 is 0 Å². The van der Waals surface area contributed by atoms with Crippen molar-refractivity contribution >= 4 is 11.4 Å². The molecule has 0 amide bonds. The molecule has 2 aliphatic heterocycles. The molecule has 2 aliphatic rings. The molecule has 2 fully saturated rings. The lowest BCUT2D eigenvalue weighted by atomic mass is 9.78. The van der Waals surface area contributed by atoms with Crippen molar-refractivity contribution in [1.82, 2.24) is 19.9 Å². The number of hydrogen-bond acceptors (Lipinski definition) is 4. The third kappa shape index (κ3) is 1.93. The highest BCUT2D eigenvalue weighted by atomic mass is 16.1. The van der Waals surface area contributed by atoms with Crippen LogP contribution in [-0.2, 0) is 0 Å². The lowest BCUT2D eigenvalue weighted by Crippen LogP contribution is -2.50. The highest BCUT2D eigenvalue weighted by Crippen LogP contribution is 2.31. The number of nitrogens with zero attached hydrogens (tertiary/aromatic N) is 3. The molecule has 4 rings (SSSR count). The van der Waals surface area contributed by atoms with Gasteiger partial charge in [0.2, 0.25) is 0 Å². The summed E-state index contributed by atoms with van der Waals surface area (Å²) in [5, 5.41) is 7.88. The number of imidazole rings is 1. The number of carbonyl (C=O) groups is 1. The highest BCUT2D eigenvalue weighted by molar-refractivity contribution is 5.97. The van der Waals surface area contributed by atoms with E-state index in [-0.39, 0.29) is 11.7 Å². The first kappa shape index (κ1) is 12.0. The van der Waals surface area contributed by atoms with Gasteiger partial charge < -0.3 is 5.32 Å². The Bertz CT molecular complexity index is 638. The minimum atomic E-state index is 0.119. The van der Waals surface area contributed by atoms with Gasteiger partial charge in [0.1, 0.15) is 5.69 Å². The predicted octanol–water partition coefficient (Wildman–Crippen LogP) is 1.83. The molecule has 0 aliphatic carbocycles. The molecule has 104 valence electrons. The molecule has 2 bridgehead atoms. The zero-order chi connectivity index (χ0) is 13.5. The van der Waals surface area contributed by atoms with Crippen LogP contribution in [0.5, 0.6) is 0 Å². The number of rotatable bonds is 2. The van der Waals surface area contributed by atoms with Crippen LogP contribution in [0.15, 0.2) is 24.5 Å². The maximum absolute atomic E-state index is 12.8. The third-order valence-corrected chi connectivity index (χ3v) is 4.62. The molecule has 0 aromatic carbocycles. The van der Waals surface area contributed by atoms with Crippen LogP contribution in [0.1, 0.15) is 42.6 Å². The van der Waals surface area contributed by atoms with E-state index in [1.54, 1.807) is 16.9 Å². The Hall–Kier alpha value is -1.75. The van der Waals surface area contributed by atoms with E-state index in [9.17, 15) is 4.79 Å². The van der Waals surface area contributed by atoms with Crippen LogP contribution in [0.2, 0.25) is 0 Å². The van der Waals surface area contributed by atoms with Gasteiger partial charge in [-0.3, -0.25) is 4.79 Å². The van der Waals surface area contributed by atoms with Gasteiger partial charge in [0.25, 0.3) is 0 Å². The average Bonchev–Trinajstić information content (AvgIpc) is 2.90. The van der Waals surface area contributed by atoms with Crippen molar-refractivity contribution in [3.05, 3.63) is 30.2 Å². The molecule has 5 nitrogen and oxygen atoms in total. The second-order valence-corrected chi connectivity index (χ2v) is 5.96. The molecule has 4 heterocycles. The number of Topliss-reactive ketones (excluding diaryl/α,β-unsaturated/α-hetero) is 1. The van der Waals surface area contributed by atoms with Crippen molar-refractivity contribution in [2.24, 2.45) is 5.92 Å². The highest BCUT2D eigenvalue weighted by Gasteiger charge is 2.35. The summed E-state index contributed by atoms with van der Waals surface area (Å²) < 4.78 is 1.67. The molecule has 0 spiro atoms. The Morgan fingerprint density at radius 3 is 2.90 bits per heavy atom. The van der Waals surface area contributed by atoms with E-state index in [0.29, 0.717) is 17.8 Å². The summed E-state index contributed by atoms with van der Waals surface area (Å²) in [6.45, 7) is 0. The zero-order valence-electron chi connectivity index (χ0n) is 11.3. The fourth-order valence-electron chi connectivity index (χ4n) is 3.69. The Balaban J connectivity index is 1.63. The standard InChI is InChI=1S/C15H18N4O/c20-15(10-7-11-3-1-4-12(8-10)18-11)13-9-16-14-5-2-6-17-19(13)14/h2,5-6,9-12,18H,1,3-4,7-8H2. The Kier molecular flexibility index (Phi) is 2.80. The molecule has 1 N–H and O–H groups in total. The van der Waals surface area contributed by atoms with Crippen LogP contribution < -0.4 is 5.32 Å². The van der Waals surface area contributed by atoms with Gasteiger partial charge in [-0.1, -0.05) is 6.42 Å². The number of aromatic nitrogens is 3. The van der Waals surface area contributed by atoms with E-state index in [4.69, 9.17) is 0 Å². The van der Waals surface area contributed by atoms with Gasteiger partial charge >= 0.3 is 0 Å². The Morgan fingerprint density at radius 1 is 1.30 bits per heavy atom. The second kappa shape index (κ2) is 4.66. The first-order valence-corrected chi connectivity index (χ1v) is 7.40. The van der Waals surface area contributed by atoms with Crippen molar-refractivity contribution in [2.45, 2.75) is 44.2 Å². The van der Waals surface area contributed by atoms with Gasteiger partial charge in [0.05, 0.1) is 6.20 Å². The summed E-state index contributed by atoms with van der Waals surface area (Å²) >= 11 is 0. The van der Waals surface area contributed by atoms with Crippen molar-refractivity contribution in [2.75, 3.05) is 0 Å². The summed E-state index contributed by atoms with van der Waals surface area (Å²) in [5.41, 5.74) is 1.37. The Morgan fingerprint density at radius 2 is 2.10 bits per heavy atom. The van der Waals surface area contributed by atoms with Gasteiger partial charge in [-0.05, 0) is 37.8 Å². The maximum atomic E-state index is 12.8. The third-order valence-electron chi connectivity index (χ3n) is 4.62. The molecular formula is C15H18N4O. The summed E-state index contributed by atoms with van der Waals surface area (Å²) in [5.74, 6) is 0.322. The van der Waals surface area contributed by atoms with E-state index in [2.05, 4.69) is 15.4 Å². The van der Waals surface area contributed by atoms with Crippen LogP contribution in [0.25, 0.3) is 5.65 Å². The molecular weight excluding hydrogens is 252 g/mol. The molecule has 2 aromatic rings. The van der Waals surface area contributed by atoms with Crippen LogP contribution in [0, 0.1) is 5.92 Å². The average molecular weight is 270 g/mol. The normalized spacial score (nSPS) is 29.5. The minimum Gasteiger partial charge on any atom is -0.311 e. The predicted molar refractivity (Wildman–Crippen MR) is 74.6 cm³/mol. The van der Waals surface area contributed by atoms with Gasteiger partial charge in [-0.2, -0.15) is 5.10 Å². The number of hydrogen-bond donors (Lipinski definition) is 1. The quantitative estimate of drug-likeness (QED) is 0.846. The first-order chi connectivity index (χ1) is 9.81. The zero-order valence-corrected chi connectivity index (χ0v) is 11.3. The summed E-state index contributed by atoms with van der Waals surface area (Å²) in [4.78, 5) is 17.0. The van der Waals surface area contributed by atoms with Crippen molar-refractivity contribution in [1.29, 1.82) is 0 Å². The molecule has 2 aromatic heterocycles. The largest absolute Gasteiger partial charge is 0.311 e. The van der Waals surface area contributed by atoms with Gasteiger partial charge in [0, 0.05) is 24.2 Å². The molecule has 2 atom stereocenters. The van der Waals surface area contributed by atoms with E-state index in [1.807, 2.05) is 12.1 Å². The van der Waals surface area contributed by atoms with Crippen molar-refractivity contribution < 1.29 is 4.79 Å². The van der Waals surface area contributed by atoms with Gasteiger partial charge in [0.15, 0.2) is 11.4 Å². The van der Waals surface area contributed by atoms with Crippen LogP contribution >= 0.6 is 0 Å². The summed E-state index contributed by atoms with van der Waals surface area (Å²) in [7, 11) is 0. The molecule has 2 saturated heterocycles. The van der Waals surface area contributed by atoms with Crippen LogP contribution in [0.3, 0.4) is 0 Å². The number of piperidine rings is 2. The topological polar surface area (TPSA) is 59.3 Å². The second-order valence-electron chi connectivity index (χ2n) is 5.96. The molecule has 2 unspecified atom stereocenters. The van der Waals surface area contributed by atoms with Crippen molar-refractivity contribution in [3.8, 4) is 0 Å². The monoisotopic (exact) mass is 270 g/mol.